The lowest BCUT2D eigenvalue weighted by atomic mass is 10.0. The van der Waals surface area contributed by atoms with Crippen molar-refractivity contribution in [2.45, 2.75) is 25.8 Å². The van der Waals surface area contributed by atoms with Crippen molar-refractivity contribution < 1.29 is 1.43 Å². The van der Waals surface area contributed by atoms with E-state index in [1.54, 1.807) is 0 Å². The quantitative estimate of drug-likeness (QED) is 0.665. The maximum atomic E-state index is 3.30. The van der Waals surface area contributed by atoms with Crippen molar-refractivity contribution in [2.75, 3.05) is 6.54 Å². The first-order chi connectivity index (χ1) is 5.77. The van der Waals surface area contributed by atoms with Gasteiger partial charge in [0, 0.05) is 14.0 Å². The van der Waals surface area contributed by atoms with Gasteiger partial charge in [-0.1, -0.05) is 38.1 Å². The minimum absolute atomic E-state index is 0. The molecule has 1 heteroatoms. The summed E-state index contributed by atoms with van der Waals surface area (Å²) in [5.74, 6) is 0.645. The van der Waals surface area contributed by atoms with E-state index in [-0.39, 0.29) is 1.43 Å². The highest BCUT2D eigenvalue weighted by atomic mass is 15.1. The van der Waals surface area contributed by atoms with Gasteiger partial charge in [-0.2, -0.15) is 0 Å². The number of hydrogen-bond donors (Lipinski definition) is 1. The molecule has 1 nitrogen and oxygen atoms in total. The normalized spacial score (nSPS) is 21.4. The number of nitrogens with one attached hydrogen (secondary N) is 1. The highest BCUT2D eigenvalue weighted by Gasteiger charge is 2.21. The van der Waals surface area contributed by atoms with E-state index in [1.165, 1.54) is 11.1 Å². The lowest BCUT2D eigenvalue weighted by Gasteiger charge is -2.05. The van der Waals surface area contributed by atoms with E-state index < -0.39 is 0 Å². The number of benzene rings is 1. The van der Waals surface area contributed by atoms with Crippen LogP contribution in [0, 0.1) is 0 Å². The molecule has 12 heavy (non-hydrogen) atoms. The SMILES string of the molecule is CC(C)c1ccc(C2CN2)cc1.[HH]. The highest BCUT2D eigenvalue weighted by Crippen LogP contribution is 2.23. The molecular formula is C11H17N. The Morgan fingerprint density at radius 1 is 1.33 bits per heavy atom. The molecule has 1 aromatic rings. The molecule has 1 fully saturated rings. The molecule has 1 unspecified atom stereocenters. The monoisotopic (exact) mass is 163 g/mol. The van der Waals surface area contributed by atoms with Crippen molar-refractivity contribution in [1.82, 2.24) is 5.32 Å². The van der Waals surface area contributed by atoms with E-state index >= 15 is 0 Å². The fourth-order valence-corrected chi connectivity index (χ4v) is 1.41. The number of hydrogen-bond acceptors (Lipinski definition) is 1. The van der Waals surface area contributed by atoms with Crippen molar-refractivity contribution in [1.29, 1.82) is 0 Å². The van der Waals surface area contributed by atoms with E-state index in [4.69, 9.17) is 0 Å². The van der Waals surface area contributed by atoms with Crippen molar-refractivity contribution in [3.63, 3.8) is 0 Å². The van der Waals surface area contributed by atoms with Crippen LogP contribution in [0.25, 0.3) is 0 Å². The first kappa shape index (κ1) is 7.81. The van der Waals surface area contributed by atoms with Gasteiger partial charge in [0.2, 0.25) is 0 Å². The van der Waals surface area contributed by atoms with Crippen LogP contribution in [0.3, 0.4) is 0 Å². The zero-order valence-corrected chi connectivity index (χ0v) is 7.67. The molecule has 0 spiro atoms. The molecule has 0 radical (unpaired) electrons. The zero-order chi connectivity index (χ0) is 8.55. The minimum Gasteiger partial charge on any atom is -0.307 e. The van der Waals surface area contributed by atoms with E-state index in [9.17, 15) is 0 Å². The third-order valence-electron chi connectivity index (χ3n) is 2.41. The maximum absolute atomic E-state index is 3.30. The molecule has 0 aliphatic carbocycles. The van der Waals surface area contributed by atoms with Gasteiger partial charge in [0.05, 0.1) is 0 Å². The molecule has 0 amide bonds. The van der Waals surface area contributed by atoms with Gasteiger partial charge >= 0.3 is 0 Å². The van der Waals surface area contributed by atoms with Gasteiger partial charge in [-0.05, 0) is 17.0 Å². The van der Waals surface area contributed by atoms with Gasteiger partial charge in [-0.25, -0.2) is 0 Å². The van der Waals surface area contributed by atoms with E-state index in [1.807, 2.05) is 0 Å². The zero-order valence-electron chi connectivity index (χ0n) is 7.67. The Morgan fingerprint density at radius 3 is 2.33 bits per heavy atom. The van der Waals surface area contributed by atoms with Crippen LogP contribution in [-0.4, -0.2) is 6.54 Å². The summed E-state index contributed by atoms with van der Waals surface area (Å²) >= 11 is 0. The largest absolute Gasteiger partial charge is 0.307 e. The van der Waals surface area contributed by atoms with Crippen LogP contribution in [0.5, 0.6) is 0 Å². The van der Waals surface area contributed by atoms with Gasteiger partial charge in [-0.15, -0.1) is 0 Å². The summed E-state index contributed by atoms with van der Waals surface area (Å²) in [4.78, 5) is 0. The standard InChI is InChI=1S/C11H15N.H2/c1-8(2)9-3-5-10(6-4-9)11-7-12-11;/h3-6,8,11-12H,7H2,1-2H3;1H. The Morgan fingerprint density at radius 2 is 1.92 bits per heavy atom. The third kappa shape index (κ3) is 1.51. The predicted molar refractivity (Wildman–Crippen MR) is 53.4 cm³/mol. The molecule has 2 rings (SSSR count). The Hall–Kier alpha value is -0.820. The molecule has 0 bridgehead atoms. The average Bonchev–Trinajstić information content (AvgIpc) is 2.87. The Bertz CT molecular complexity index is 241. The minimum atomic E-state index is 0. The molecule has 0 saturated carbocycles. The van der Waals surface area contributed by atoms with Crippen LogP contribution in [0.4, 0.5) is 0 Å². The summed E-state index contributed by atoms with van der Waals surface area (Å²) in [6.45, 7) is 5.61. The second-order valence-electron chi connectivity index (χ2n) is 3.78. The first-order valence-electron chi connectivity index (χ1n) is 4.60. The van der Waals surface area contributed by atoms with Gasteiger partial charge in [0.1, 0.15) is 0 Å². The predicted octanol–water partition coefficient (Wildman–Crippen LogP) is 2.70. The maximum Gasteiger partial charge on any atom is 0.0447 e. The Balaban J connectivity index is 0.000000845. The topological polar surface area (TPSA) is 21.9 Å². The fourth-order valence-electron chi connectivity index (χ4n) is 1.41. The van der Waals surface area contributed by atoms with E-state index in [0.717, 1.165) is 6.54 Å². The summed E-state index contributed by atoms with van der Waals surface area (Å²) in [6, 6.07) is 9.59. The van der Waals surface area contributed by atoms with Gasteiger partial charge in [0.15, 0.2) is 0 Å². The van der Waals surface area contributed by atoms with Crippen molar-refractivity contribution in [3.05, 3.63) is 35.4 Å². The highest BCUT2D eigenvalue weighted by molar-refractivity contribution is 5.29. The molecule has 1 aliphatic rings. The van der Waals surface area contributed by atoms with Crippen LogP contribution in [0.1, 0.15) is 38.4 Å². The molecule has 1 heterocycles. The van der Waals surface area contributed by atoms with Gasteiger partial charge in [0.25, 0.3) is 0 Å². The first-order valence-corrected chi connectivity index (χ1v) is 4.60. The summed E-state index contributed by atoms with van der Waals surface area (Å²) < 4.78 is 0. The van der Waals surface area contributed by atoms with Crippen LogP contribution < -0.4 is 5.32 Å². The molecule has 1 N–H and O–H groups in total. The second-order valence-corrected chi connectivity index (χ2v) is 3.78. The summed E-state index contributed by atoms with van der Waals surface area (Å²) in [7, 11) is 0. The Labute approximate surface area is 75.3 Å². The third-order valence-corrected chi connectivity index (χ3v) is 2.41. The molecule has 1 aliphatic heterocycles. The van der Waals surface area contributed by atoms with E-state index in [2.05, 4.69) is 43.4 Å². The van der Waals surface area contributed by atoms with Crippen molar-refractivity contribution >= 4 is 0 Å². The van der Waals surface area contributed by atoms with Crippen molar-refractivity contribution in [3.8, 4) is 0 Å². The summed E-state index contributed by atoms with van der Waals surface area (Å²) in [5.41, 5.74) is 2.86. The lowest BCUT2D eigenvalue weighted by Crippen LogP contribution is -1.89. The molecular weight excluding hydrogens is 146 g/mol. The smallest absolute Gasteiger partial charge is 0.0447 e. The van der Waals surface area contributed by atoms with Crippen LogP contribution in [0.2, 0.25) is 0 Å². The number of rotatable bonds is 2. The fraction of sp³-hybridized carbons (Fsp3) is 0.455. The van der Waals surface area contributed by atoms with Crippen LogP contribution >= 0.6 is 0 Å². The summed E-state index contributed by atoms with van der Waals surface area (Å²) in [6.07, 6.45) is 0. The van der Waals surface area contributed by atoms with Crippen molar-refractivity contribution in [2.24, 2.45) is 0 Å². The molecule has 1 saturated heterocycles. The molecule has 0 aromatic heterocycles. The van der Waals surface area contributed by atoms with Crippen LogP contribution in [-0.2, 0) is 0 Å². The van der Waals surface area contributed by atoms with Gasteiger partial charge < -0.3 is 5.32 Å². The Kier molecular flexibility index (Phi) is 1.89. The summed E-state index contributed by atoms with van der Waals surface area (Å²) in [5, 5.41) is 3.30. The van der Waals surface area contributed by atoms with Gasteiger partial charge in [-0.3, -0.25) is 0 Å². The average molecular weight is 163 g/mol. The van der Waals surface area contributed by atoms with E-state index in [0.29, 0.717) is 12.0 Å². The second kappa shape index (κ2) is 2.91. The molecule has 1 atom stereocenters. The lowest BCUT2D eigenvalue weighted by molar-refractivity contribution is 0.864. The van der Waals surface area contributed by atoms with Crippen LogP contribution in [0.15, 0.2) is 24.3 Å². The molecule has 66 valence electrons. The molecule has 1 aromatic carbocycles.